The van der Waals surface area contributed by atoms with Crippen LogP contribution in [0.25, 0.3) is 0 Å². The van der Waals surface area contributed by atoms with Crippen LogP contribution in [0.3, 0.4) is 0 Å². The molecule has 0 aromatic heterocycles. The van der Waals surface area contributed by atoms with Gasteiger partial charge in [0, 0.05) is 24.3 Å². The van der Waals surface area contributed by atoms with Crippen molar-refractivity contribution in [2.75, 3.05) is 26.2 Å². The highest BCUT2D eigenvalue weighted by molar-refractivity contribution is 7.92. The van der Waals surface area contributed by atoms with Crippen LogP contribution in [-0.2, 0) is 33.3 Å². The van der Waals surface area contributed by atoms with Crippen LogP contribution in [0.1, 0.15) is 27.7 Å². The van der Waals surface area contributed by atoms with Crippen LogP contribution < -0.4 is 0 Å². The zero-order chi connectivity index (χ0) is 30.3. The number of non-ortho nitro benzene ring substituents is 2. The molecule has 0 amide bonds. The highest BCUT2D eigenvalue weighted by atomic mass is 32.2. The third-order valence-corrected chi connectivity index (χ3v) is 10.8. The quantitative estimate of drug-likeness (QED) is 0.114. The van der Waals surface area contributed by atoms with Gasteiger partial charge in [-0.2, -0.15) is 0 Å². The SMILES string of the molecule is CCN(CC)C(O[PH](=O)OC(N(CC)CC)S(=O)(=O)c1ccc([N+](=O)[O-])cc1)S(=O)(=O)c1ccc([N+](=O)[O-])cc1. The maximum atomic E-state index is 13.4. The summed E-state index contributed by atoms with van der Waals surface area (Å²) < 4.78 is 77.7. The first-order chi connectivity index (χ1) is 18.7. The van der Waals surface area contributed by atoms with Gasteiger partial charge in [-0.25, -0.2) is 16.8 Å². The van der Waals surface area contributed by atoms with Crippen LogP contribution in [0.4, 0.5) is 11.4 Å². The van der Waals surface area contributed by atoms with Crippen molar-refractivity contribution >= 4 is 39.3 Å². The Kier molecular flexibility index (Phi) is 11.9. The summed E-state index contributed by atoms with van der Waals surface area (Å²) in [5, 5.41) is 21.9. The molecule has 0 spiro atoms. The molecule has 0 aliphatic heterocycles. The van der Waals surface area contributed by atoms with Crippen LogP contribution >= 0.6 is 8.25 Å². The summed E-state index contributed by atoms with van der Waals surface area (Å²) in [4.78, 5) is 22.5. The standard InChI is InChI=1S/C22H31N4O11PS2/c1-5-23(6-2)21(39(32,33)19-13-9-17(10-14-19)25(27)28)36-38(31)37-22(24(7-3)8-4)40(34,35)20-15-11-18(12-16-20)26(29)30/h9-16,21-22,38H,5-8H2,1-4H3. The maximum absolute atomic E-state index is 13.4. The van der Waals surface area contributed by atoms with Gasteiger partial charge in [0.1, 0.15) is 0 Å². The molecule has 40 heavy (non-hydrogen) atoms. The third-order valence-electron chi connectivity index (χ3n) is 5.90. The van der Waals surface area contributed by atoms with Gasteiger partial charge in [0.25, 0.3) is 11.4 Å². The Morgan fingerprint density at radius 2 is 0.950 bits per heavy atom. The van der Waals surface area contributed by atoms with Gasteiger partial charge in [0.05, 0.1) is 19.6 Å². The van der Waals surface area contributed by atoms with E-state index < -0.39 is 48.9 Å². The molecule has 222 valence electrons. The first-order valence-corrected chi connectivity index (χ1v) is 16.4. The molecule has 18 heteroatoms. The zero-order valence-corrected chi connectivity index (χ0v) is 24.8. The number of rotatable bonds is 16. The lowest BCUT2D eigenvalue weighted by Crippen LogP contribution is -2.43. The number of nitro benzene ring substituents is 2. The number of benzene rings is 2. The molecule has 2 aromatic carbocycles. The second kappa shape index (κ2) is 14.2. The summed E-state index contributed by atoms with van der Waals surface area (Å²) in [6.07, 6.45) is 0. The van der Waals surface area contributed by atoms with Crippen molar-refractivity contribution in [3.63, 3.8) is 0 Å². The first kappa shape index (κ1) is 33.4. The smallest absolute Gasteiger partial charge is 0.275 e. The Labute approximate surface area is 232 Å². The fraction of sp³-hybridized carbons (Fsp3) is 0.455. The molecule has 2 atom stereocenters. The van der Waals surface area contributed by atoms with Gasteiger partial charge >= 0.3 is 8.25 Å². The first-order valence-electron chi connectivity index (χ1n) is 12.1. The van der Waals surface area contributed by atoms with E-state index in [0.29, 0.717) is 0 Å². The Balaban J connectivity index is 2.46. The highest BCUT2D eigenvalue weighted by Gasteiger charge is 2.39. The van der Waals surface area contributed by atoms with E-state index in [1.54, 1.807) is 27.7 Å². The van der Waals surface area contributed by atoms with E-state index >= 15 is 0 Å². The van der Waals surface area contributed by atoms with Crippen molar-refractivity contribution in [3.8, 4) is 0 Å². The highest BCUT2D eigenvalue weighted by Crippen LogP contribution is 2.37. The van der Waals surface area contributed by atoms with Crippen LogP contribution in [0.15, 0.2) is 58.3 Å². The lowest BCUT2D eigenvalue weighted by molar-refractivity contribution is -0.385. The van der Waals surface area contributed by atoms with Crippen molar-refractivity contribution in [1.29, 1.82) is 0 Å². The van der Waals surface area contributed by atoms with Gasteiger partial charge in [0.2, 0.25) is 30.8 Å². The third kappa shape index (κ3) is 7.69. The van der Waals surface area contributed by atoms with Gasteiger partial charge in [-0.3, -0.25) is 43.6 Å². The maximum Gasteiger partial charge on any atom is 0.323 e. The minimum absolute atomic E-state index is 0.128. The van der Waals surface area contributed by atoms with Crippen molar-refractivity contribution in [2.24, 2.45) is 0 Å². The molecule has 0 heterocycles. The average molecular weight is 623 g/mol. The monoisotopic (exact) mass is 622 g/mol. The fourth-order valence-corrected chi connectivity index (χ4v) is 8.70. The summed E-state index contributed by atoms with van der Waals surface area (Å²) >= 11 is 0. The van der Waals surface area contributed by atoms with Crippen LogP contribution in [0.5, 0.6) is 0 Å². The van der Waals surface area contributed by atoms with Crippen molar-refractivity contribution in [3.05, 3.63) is 68.8 Å². The van der Waals surface area contributed by atoms with E-state index in [0.717, 1.165) is 48.5 Å². The molecule has 0 N–H and O–H groups in total. The van der Waals surface area contributed by atoms with E-state index in [1.807, 2.05) is 0 Å². The number of nitrogens with zero attached hydrogens (tertiary/aromatic N) is 4. The van der Waals surface area contributed by atoms with E-state index in [1.165, 1.54) is 9.80 Å². The molecule has 0 fully saturated rings. The second-order valence-corrected chi connectivity index (χ2v) is 13.0. The Morgan fingerprint density at radius 1 is 0.675 bits per heavy atom. The molecule has 2 aromatic rings. The normalized spacial score (nSPS) is 14.7. The predicted molar refractivity (Wildman–Crippen MR) is 145 cm³/mol. The molecule has 0 aliphatic carbocycles. The topological polar surface area (TPSA) is 197 Å². The van der Waals surface area contributed by atoms with Crippen LogP contribution in [0, 0.1) is 20.2 Å². The van der Waals surface area contributed by atoms with Crippen molar-refractivity contribution in [1.82, 2.24) is 9.80 Å². The van der Waals surface area contributed by atoms with Gasteiger partial charge in [0.15, 0.2) is 0 Å². The van der Waals surface area contributed by atoms with Crippen molar-refractivity contribution in [2.45, 2.75) is 48.6 Å². The molecular weight excluding hydrogens is 591 g/mol. The van der Waals surface area contributed by atoms with Crippen molar-refractivity contribution < 1.29 is 40.3 Å². The zero-order valence-electron chi connectivity index (χ0n) is 22.2. The van der Waals surface area contributed by atoms with Gasteiger partial charge in [-0.15, -0.1) is 0 Å². The minimum atomic E-state index is -4.43. The Hall–Kier alpha value is -2.79. The molecule has 0 saturated carbocycles. The van der Waals surface area contributed by atoms with E-state index in [2.05, 4.69) is 0 Å². The average Bonchev–Trinajstić information content (AvgIpc) is 2.93. The minimum Gasteiger partial charge on any atom is -0.275 e. The molecule has 0 bridgehead atoms. The lowest BCUT2D eigenvalue weighted by Gasteiger charge is -2.31. The number of hydrogen-bond acceptors (Lipinski definition) is 13. The summed E-state index contributed by atoms with van der Waals surface area (Å²) in [7, 11) is -12.7. The second-order valence-electron chi connectivity index (χ2n) is 8.13. The molecule has 0 saturated heterocycles. The molecule has 0 aliphatic rings. The summed E-state index contributed by atoms with van der Waals surface area (Å²) in [5.74, 6) is 0. The number of sulfone groups is 2. The Morgan fingerprint density at radius 3 is 1.18 bits per heavy atom. The Bertz CT molecular complexity index is 1300. The molecule has 15 nitrogen and oxygen atoms in total. The van der Waals surface area contributed by atoms with Gasteiger partial charge < -0.3 is 0 Å². The van der Waals surface area contributed by atoms with E-state index in [9.17, 15) is 41.6 Å². The summed E-state index contributed by atoms with van der Waals surface area (Å²) in [6.45, 7) is 7.02. The molecule has 2 unspecified atom stereocenters. The van der Waals surface area contributed by atoms with E-state index in [-0.39, 0.29) is 47.3 Å². The van der Waals surface area contributed by atoms with Gasteiger partial charge in [-0.05, 0) is 50.4 Å². The number of nitro groups is 2. The van der Waals surface area contributed by atoms with Crippen LogP contribution in [0.2, 0.25) is 0 Å². The van der Waals surface area contributed by atoms with Gasteiger partial charge in [-0.1, -0.05) is 27.7 Å². The van der Waals surface area contributed by atoms with E-state index in [4.69, 9.17) is 9.05 Å². The van der Waals surface area contributed by atoms with Crippen LogP contribution in [-0.4, -0.2) is 73.8 Å². The fourth-order valence-electron chi connectivity index (χ4n) is 3.65. The largest absolute Gasteiger partial charge is 0.323 e. The summed E-state index contributed by atoms with van der Waals surface area (Å²) in [6, 6.07) is 8.06. The molecule has 0 radical (unpaired) electrons. The predicted octanol–water partition coefficient (Wildman–Crippen LogP) is 3.42. The molecular formula is C22H31N4O11PS2. The lowest BCUT2D eigenvalue weighted by atomic mass is 10.3. The number of hydrogen-bond donors (Lipinski definition) is 0. The molecule has 2 rings (SSSR count). The summed E-state index contributed by atoms with van der Waals surface area (Å²) in [5.41, 5.74) is -4.41.